The average molecular weight is 370 g/mol. The molecular weight excluding hydrogens is 355 g/mol. The molecule has 0 aliphatic heterocycles. The number of ether oxygens (including phenoxy) is 1. The quantitative estimate of drug-likeness (QED) is 0.292. The molecule has 0 aliphatic carbocycles. The molecule has 0 saturated heterocycles. The van der Waals surface area contributed by atoms with Gasteiger partial charge in [-0.05, 0) is 61.7 Å². The van der Waals surface area contributed by atoms with E-state index in [-0.39, 0.29) is 17.3 Å². The van der Waals surface area contributed by atoms with E-state index in [1.165, 1.54) is 37.0 Å². The highest BCUT2D eigenvalue weighted by Crippen LogP contribution is 2.23. The monoisotopic (exact) mass is 370 g/mol. The van der Waals surface area contributed by atoms with Gasteiger partial charge in [-0.2, -0.15) is 0 Å². The Labute approximate surface area is 153 Å². The summed E-state index contributed by atoms with van der Waals surface area (Å²) in [6.45, 7) is 1.46. The van der Waals surface area contributed by atoms with Crippen molar-refractivity contribution in [2.75, 3.05) is 6.26 Å². The zero-order chi connectivity index (χ0) is 18.7. The smallest absolute Gasteiger partial charge is 0.362 e. The van der Waals surface area contributed by atoms with Crippen LogP contribution < -0.4 is 4.74 Å². The van der Waals surface area contributed by atoms with Crippen LogP contribution in [0.15, 0.2) is 59.9 Å². The maximum Gasteiger partial charge on any atom is 0.362 e. The van der Waals surface area contributed by atoms with Crippen LogP contribution in [0.25, 0.3) is 5.69 Å². The van der Waals surface area contributed by atoms with Crippen molar-refractivity contribution in [3.63, 3.8) is 0 Å². The molecule has 0 atom stereocenters. The van der Waals surface area contributed by atoms with Crippen molar-refractivity contribution >= 4 is 23.5 Å². The second kappa shape index (κ2) is 7.53. The highest BCUT2D eigenvalue weighted by Gasteiger charge is 2.19. The van der Waals surface area contributed by atoms with Gasteiger partial charge in [0.15, 0.2) is 16.6 Å². The van der Waals surface area contributed by atoms with Crippen molar-refractivity contribution in [3.8, 4) is 11.4 Å². The summed E-state index contributed by atoms with van der Waals surface area (Å²) in [7, 11) is 0. The maximum atomic E-state index is 13.2. The van der Waals surface area contributed by atoms with Crippen molar-refractivity contribution in [1.82, 2.24) is 9.55 Å². The summed E-state index contributed by atoms with van der Waals surface area (Å²) < 4.78 is 20.2. The summed E-state index contributed by atoms with van der Waals surface area (Å²) in [5, 5.41) is 0.579. The van der Waals surface area contributed by atoms with E-state index in [9.17, 15) is 14.0 Å². The fraction of sp³-hybridized carbons (Fsp3) is 0.105. The summed E-state index contributed by atoms with van der Waals surface area (Å²) in [5.41, 5.74) is 1.36. The zero-order valence-corrected chi connectivity index (χ0v) is 14.9. The van der Waals surface area contributed by atoms with Gasteiger partial charge in [-0.1, -0.05) is 11.8 Å². The van der Waals surface area contributed by atoms with Gasteiger partial charge in [0.1, 0.15) is 11.6 Å². The van der Waals surface area contributed by atoms with E-state index in [0.29, 0.717) is 22.2 Å². The van der Waals surface area contributed by atoms with Crippen LogP contribution in [0.4, 0.5) is 4.39 Å². The fourth-order valence-corrected chi connectivity index (χ4v) is 2.92. The number of nitrogens with zero attached hydrogens (tertiary/aromatic N) is 2. The van der Waals surface area contributed by atoms with Crippen molar-refractivity contribution in [2.24, 2.45) is 0 Å². The molecule has 26 heavy (non-hydrogen) atoms. The lowest BCUT2D eigenvalue weighted by Crippen LogP contribution is -2.14. The van der Waals surface area contributed by atoms with Gasteiger partial charge in [0.2, 0.25) is 0 Å². The Morgan fingerprint density at radius 1 is 1.08 bits per heavy atom. The standard InChI is InChI=1S/C19H15FN2O3S/c1-12(23)13-3-9-16(10-4-13)25-18(24)17-11-21-19(26-2)22(17)15-7-5-14(20)6-8-15/h3-11H,1-2H3. The SMILES string of the molecule is CSc1ncc(C(=O)Oc2ccc(C(C)=O)cc2)n1-c1ccc(F)cc1. The van der Waals surface area contributed by atoms with E-state index < -0.39 is 5.97 Å². The second-order valence-electron chi connectivity index (χ2n) is 5.41. The summed E-state index contributed by atoms with van der Waals surface area (Å²) in [6, 6.07) is 12.1. The van der Waals surface area contributed by atoms with Crippen molar-refractivity contribution < 1.29 is 18.7 Å². The first-order valence-electron chi connectivity index (χ1n) is 7.70. The number of benzene rings is 2. The molecule has 0 bridgehead atoms. The Morgan fingerprint density at radius 3 is 2.31 bits per heavy atom. The molecule has 0 unspecified atom stereocenters. The minimum absolute atomic E-state index is 0.0677. The Balaban J connectivity index is 1.91. The number of Topliss-reactive ketones (excluding diaryl/α,β-unsaturated/α-hetero) is 1. The van der Waals surface area contributed by atoms with Gasteiger partial charge >= 0.3 is 5.97 Å². The number of thioether (sulfide) groups is 1. The third-order valence-corrected chi connectivity index (χ3v) is 4.33. The third-order valence-electron chi connectivity index (χ3n) is 3.68. The van der Waals surface area contributed by atoms with E-state index in [2.05, 4.69) is 4.98 Å². The number of rotatable bonds is 5. The number of imidazole rings is 1. The van der Waals surface area contributed by atoms with Crippen molar-refractivity contribution in [2.45, 2.75) is 12.1 Å². The molecule has 0 saturated carbocycles. The average Bonchev–Trinajstić information content (AvgIpc) is 3.07. The van der Waals surface area contributed by atoms with Gasteiger partial charge in [-0.25, -0.2) is 14.2 Å². The van der Waals surface area contributed by atoms with Gasteiger partial charge < -0.3 is 4.74 Å². The molecule has 0 radical (unpaired) electrons. The van der Waals surface area contributed by atoms with Crippen LogP contribution >= 0.6 is 11.8 Å². The zero-order valence-electron chi connectivity index (χ0n) is 14.1. The van der Waals surface area contributed by atoms with E-state index in [0.717, 1.165) is 0 Å². The number of halogens is 1. The van der Waals surface area contributed by atoms with Crippen LogP contribution in [0.1, 0.15) is 27.8 Å². The van der Waals surface area contributed by atoms with Crippen molar-refractivity contribution in [1.29, 1.82) is 0 Å². The number of ketones is 1. The molecular formula is C19H15FN2O3S. The minimum Gasteiger partial charge on any atom is -0.422 e. The van der Waals surface area contributed by atoms with Crippen LogP contribution in [0.2, 0.25) is 0 Å². The minimum atomic E-state index is -0.599. The maximum absolute atomic E-state index is 13.2. The van der Waals surface area contributed by atoms with Crippen LogP contribution in [-0.4, -0.2) is 27.6 Å². The first kappa shape index (κ1) is 17.9. The van der Waals surface area contributed by atoms with Gasteiger partial charge in [-0.3, -0.25) is 9.36 Å². The Kier molecular flexibility index (Phi) is 5.18. The Bertz CT molecular complexity index is 950. The molecule has 5 nitrogen and oxygen atoms in total. The Hall–Kier alpha value is -2.93. The van der Waals surface area contributed by atoms with Gasteiger partial charge in [0.25, 0.3) is 0 Å². The predicted molar refractivity (Wildman–Crippen MR) is 96.7 cm³/mol. The highest BCUT2D eigenvalue weighted by atomic mass is 32.2. The molecule has 1 aromatic heterocycles. The van der Waals surface area contributed by atoms with Crippen molar-refractivity contribution in [3.05, 3.63) is 71.8 Å². The number of esters is 1. The molecule has 0 amide bonds. The van der Waals surface area contributed by atoms with E-state index in [1.807, 2.05) is 6.26 Å². The largest absolute Gasteiger partial charge is 0.422 e. The van der Waals surface area contributed by atoms with Gasteiger partial charge in [0, 0.05) is 11.3 Å². The third kappa shape index (κ3) is 3.67. The van der Waals surface area contributed by atoms with E-state index in [1.54, 1.807) is 41.0 Å². The summed E-state index contributed by atoms with van der Waals surface area (Å²) in [4.78, 5) is 28.1. The lowest BCUT2D eigenvalue weighted by atomic mass is 10.1. The first-order valence-corrected chi connectivity index (χ1v) is 8.93. The fourth-order valence-electron chi connectivity index (χ4n) is 2.38. The molecule has 0 spiro atoms. The lowest BCUT2D eigenvalue weighted by Gasteiger charge is -2.11. The molecule has 0 aliphatic rings. The van der Waals surface area contributed by atoms with Crippen LogP contribution in [0.3, 0.4) is 0 Å². The number of carbonyl (C=O) groups excluding carboxylic acids is 2. The molecule has 3 rings (SSSR count). The first-order chi connectivity index (χ1) is 12.5. The summed E-state index contributed by atoms with van der Waals surface area (Å²) in [5.74, 6) is -0.716. The molecule has 0 fully saturated rings. The van der Waals surface area contributed by atoms with Crippen LogP contribution in [0, 0.1) is 5.82 Å². The van der Waals surface area contributed by atoms with E-state index >= 15 is 0 Å². The molecule has 2 aromatic carbocycles. The highest BCUT2D eigenvalue weighted by molar-refractivity contribution is 7.98. The van der Waals surface area contributed by atoms with Gasteiger partial charge in [0.05, 0.1) is 6.20 Å². The number of hydrogen-bond acceptors (Lipinski definition) is 5. The number of aromatic nitrogens is 2. The number of carbonyl (C=O) groups is 2. The van der Waals surface area contributed by atoms with Crippen LogP contribution in [-0.2, 0) is 0 Å². The predicted octanol–water partition coefficient (Wildman–Crippen LogP) is 4.16. The normalized spacial score (nSPS) is 10.6. The molecule has 7 heteroatoms. The molecule has 1 heterocycles. The molecule has 132 valence electrons. The molecule has 0 N–H and O–H groups in total. The van der Waals surface area contributed by atoms with Gasteiger partial charge in [-0.15, -0.1) is 0 Å². The van der Waals surface area contributed by atoms with E-state index in [4.69, 9.17) is 4.74 Å². The molecule has 3 aromatic rings. The summed E-state index contributed by atoms with van der Waals surface area (Å²) in [6.07, 6.45) is 3.25. The second-order valence-corrected chi connectivity index (χ2v) is 6.19. The lowest BCUT2D eigenvalue weighted by molar-refractivity contribution is 0.0725. The topological polar surface area (TPSA) is 61.2 Å². The van der Waals surface area contributed by atoms with Crippen LogP contribution in [0.5, 0.6) is 5.75 Å². The number of hydrogen-bond donors (Lipinski definition) is 0. The summed E-state index contributed by atoms with van der Waals surface area (Å²) >= 11 is 1.36. The Morgan fingerprint density at radius 2 is 1.73 bits per heavy atom.